The maximum absolute atomic E-state index is 13.5. The summed E-state index contributed by atoms with van der Waals surface area (Å²) in [7, 11) is 0. The number of nitrogens with one attached hydrogen (secondary N) is 2. The van der Waals surface area contributed by atoms with E-state index in [1.807, 2.05) is 0 Å². The van der Waals surface area contributed by atoms with E-state index in [9.17, 15) is 4.39 Å². The van der Waals surface area contributed by atoms with Gasteiger partial charge >= 0.3 is 0 Å². The molecule has 1 heterocycles. The van der Waals surface area contributed by atoms with Crippen LogP contribution < -0.4 is 16.6 Å². The molecule has 0 fully saturated rings. The highest BCUT2D eigenvalue weighted by molar-refractivity contribution is 9.10. The molecule has 0 radical (unpaired) electrons. The summed E-state index contributed by atoms with van der Waals surface area (Å²) in [5, 5.41) is 3.22. The number of rotatable bonds is 3. The predicted molar refractivity (Wildman–Crippen MR) is 72.2 cm³/mol. The smallest absolute Gasteiger partial charge is 0.239 e. The molecule has 0 aliphatic carbocycles. The standard InChI is InChI=1S/C10H8BrClFN5/c11-6-4-15-10(18-14)17-9(6)16-8-3-5(12)1-2-7(8)13/h1-4H,14H2,(H2,15,16,17,18). The number of halogens is 3. The van der Waals surface area contributed by atoms with Crippen molar-refractivity contribution in [1.82, 2.24) is 9.97 Å². The van der Waals surface area contributed by atoms with Gasteiger partial charge in [-0.25, -0.2) is 15.2 Å². The van der Waals surface area contributed by atoms with Crippen LogP contribution in [0.25, 0.3) is 0 Å². The number of hydrazine groups is 1. The zero-order valence-corrected chi connectivity index (χ0v) is 11.3. The SMILES string of the molecule is NNc1ncc(Br)c(Nc2cc(Cl)ccc2F)n1. The molecule has 1 aromatic carbocycles. The van der Waals surface area contributed by atoms with Crippen molar-refractivity contribution in [1.29, 1.82) is 0 Å². The Morgan fingerprint density at radius 1 is 1.39 bits per heavy atom. The largest absolute Gasteiger partial charge is 0.337 e. The molecule has 0 aliphatic heterocycles. The summed E-state index contributed by atoms with van der Waals surface area (Å²) in [6, 6.07) is 4.19. The Labute approximate surface area is 116 Å². The van der Waals surface area contributed by atoms with Crippen LogP contribution in [0.5, 0.6) is 0 Å². The Kier molecular flexibility index (Phi) is 3.95. The van der Waals surface area contributed by atoms with Crippen LogP contribution in [0.1, 0.15) is 0 Å². The molecule has 2 aromatic rings. The fourth-order valence-electron chi connectivity index (χ4n) is 1.25. The predicted octanol–water partition coefficient (Wildman–Crippen LogP) is 3.06. The fraction of sp³-hybridized carbons (Fsp3) is 0. The number of nitrogens with zero attached hydrogens (tertiary/aromatic N) is 2. The van der Waals surface area contributed by atoms with Crippen molar-refractivity contribution in [3.05, 3.63) is 39.7 Å². The second-order valence-corrected chi connectivity index (χ2v) is 4.57. The van der Waals surface area contributed by atoms with Crippen LogP contribution in [-0.2, 0) is 0 Å². The number of hydrogen-bond donors (Lipinski definition) is 3. The normalized spacial score (nSPS) is 10.2. The first kappa shape index (κ1) is 13.0. The summed E-state index contributed by atoms with van der Waals surface area (Å²) >= 11 is 9.05. The monoisotopic (exact) mass is 331 g/mol. The zero-order chi connectivity index (χ0) is 13.1. The molecule has 2 rings (SSSR count). The summed E-state index contributed by atoms with van der Waals surface area (Å²) in [4.78, 5) is 7.93. The van der Waals surface area contributed by atoms with E-state index in [4.69, 9.17) is 17.4 Å². The number of aromatic nitrogens is 2. The molecular formula is C10H8BrClFN5. The molecule has 8 heteroatoms. The molecule has 0 atom stereocenters. The van der Waals surface area contributed by atoms with Gasteiger partial charge in [-0.1, -0.05) is 11.6 Å². The zero-order valence-electron chi connectivity index (χ0n) is 8.92. The average Bonchev–Trinajstić information content (AvgIpc) is 2.36. The Balaban J connectivity index is 2.36. The molecular weight excluding hydrogens is 324 g/mol. The van der Waals surface area contributed by atoms with E-state index >= 15 is 0 Å². The van der Waals surface area contributed by atoms with Gasteiger partial charge in [-0.3, -0.25) is 5.43 Å². The van der Waals surface area contributed by atoms with Crippen LogP contribution >= 0.6 is 27.5 Å². The van der Waals surface area contributed by atoms with Gasteiger partial charge < -0.3 is 5.32 Å². The van der Waals surface area contributed by atoms with Crippen LogP contribution in [0.3, 0.4) is 0 Å². The van der Waals surface area contributed by atoms with E-state index in [1.54, 1.807) is 0 Å². The minimum atomic E-state index is -0.438. The third-order valence-corrected chi connectivity index (χ3v) is 2.87. The third kappa shape index (κ3) is 2.87. The third-order valence-electron chi connectivity index (χ3n) is 2.05. The molecule has 0 bridgehead atoms. The van der Waals surface area contributed by atoms with Crippen LogP contribution in [0.2, 0.25) is 5.02 Å². The van der Waals surface area contributed by atoms with Gasteiger partial charge in [0.15, 0.2) is 5.82 Å². The lowest BCUT2D eigenvalue weighted by molar-refractivity contribution is 0.632. The van der Waals surface area contributed by atoms with E-state index < -0.39 is 5.82 Å². The number of benzene rings is 1. The van der Waals surface area contributed by atoms with Gasteiger partial charge in [-0.2, -0.15) is 4.98 Å². The van der Waals surface area contributed by atoms with E-state index in [0.717, 1.165) is 0 Å². The minimum absolute atomic E-state index is 0.211. The number of hydrogen-bond acceptors (Lipinski definition) is 5. The van der Waals surface area contributed by atoms with Crippen LogP contribution in [-0.4, -0.2) is 9.97 Å². The molecule has 0 unspecified atom stereocenters. The first-order valence-electron chi connectivity index (χ1n) is 4.81. The summed E-state index contributed by atoms with van der Waals surface area (Å²) in [5.74, 6) is 5.35. The Hall–Kier alpha value is -1.44. The molecule has 4 N–H and O–H groups in total. The molecule has 0 amide bonds. The van der Waals surface area contributed by atoms with Gasteiger partial charge in [0.1, 0.15) is 5.82 Å². The van der Waals surface area contributed by atoms with Crippen LogP contribution in [0.4, 0.5) is 21.8 Å². The number of nitrogens with two attached hydrogens (primary N) is 1. The highest BCUT2D eigenvalue weighted by Gasteiger charge is 2.08. The lowest BCUT2D eigenvalue weighted by atomic mass is 10.3. The van der Waals surface area contributed by atoms with Gasteiger partial charge in [0.25, 0.3) is 0 Å². The molecule has 0 saturated heterocycles. The Morgan fingerprint density at radius 2 is 2.17 bits per heavy atom. The second kappa shape index (κ2) is 5.47. The quantitative estimate of drug-likeness (QED) is 0.595. The molecule has 94 valence electrons. The first-order chi connectivity index (χ1) is 8.60. The van der Waals surface area contributed by atoms with E-state index in [1.165, 1.54) is 24.4 Å². The molecule has 0 spiro atoms. The summed E-state index contributed by atoms with van der Waals surface area (Å²) < 4.78 is 14.1. The fourth-order valence-corrected chi connectivity index (χ4v) is 1.71. The van der Waals surface area contributed by atoms with Crippen molar-refractivity contribution in [3.63, 3.8) is 0 Å². The Morgan fingerprint density at radius 3 is 2.89 bits per heavy atom. The van der Waals surface area contributed by atoms with Crippen molar-refractivity contribution in [2.45, 2.75) is 0 Å². The van der Waals surface area contributed by atoms with E-state index in [0.29, 0.717) is 15.3 Å². The molecule has 0 aliphatic rings. The summed E-state index contributed by atoms with van der Waals surface area (Å²) in [5.41, 5.74) is 2.52. The van der Waals surface area contributed by atoms with E-state index in [2.05, 4.69) is 36.6 Å². The van der Waals surface area contributed by atoms with Crippen LogP contribution in [0.15, 0.2) is 28.9 Å². The first-order valence-corrected chi connectivity index (χ1v) is 5.98. The summed E-state index contributed by atoms with van der Waals surface area (Å²) in [6.07, 6.45) is 1.49. The number of nitrogen functional groups attached to an aromatic ring is 1. The maximum Gasteiger partial charge on any atom is 0.239 e. The summed E-state index contributed by atoms with van der Waals surface area (Å²) in [6.45, 7) is 0. The lowest BCUT2D eigenvalue weighted by Gasteiger charge is -2.09. The molecule has 1 aromatic heterocycles. The topological polar surface area (TPSA) is 75.9 Å². The second-order valence-electron chi connectivity index (χ2n) is 3.28. The Bertz CT molecular complexity index is 580. The number of anilines is 3. The average molecular weight is 333 g/mol. The maximum atomic E-state index is 13.5. The van der Waals surface area contributed by atoms with Crippen molar-refractivity contribution in [2.24, 2.45) is 5.84 Å². The van der Waals surface area contributed by atoms with Gasteiger partial charge in [0.05, 0.1) is 10.2 Å². The van der Waals surface area contributed by atoms with Gasteiger partial charge in [-0.15, -0.1) is 0 Å². The van der Waals surface area contributed by atoms with Gasteiger partial charge in [0, 0.05) is 11.2 Å². The lowest BCUT2D eigenvalue weighted by Crippen LogP contribution is -2.11. The highest BCUT2D eigenvalue weighted by Crippen LogP contribution is 2.27. The van der Waals surface area contributed by atoms with E-state index in [-0.39, 0.29) is 11.6 Å². The molecule has 5 nitrogen and oxygen atoms in total. The molecule has 18 heavy (non-hydrogen) atoms. The van der Waals surface area contributed by atoms with Crippen LogP contribution in [0, 0.1) is 5.82 Å². The van der Waals surface area contributed by atoms with Crippen molar-refractivity contribution < 1.29 is 4.39 Å². The van der Waals surface area contributed by atoms with Crippen molar-refractivity contribution >= 4 is 45.0 Å². The van der Waals surface area contributed by atoms with Crippen molar-refractivity contribution in [3.8, 4) is 0 Å². The molecule has 0 saturated carbocycles. The minimum Gasteiger partial charge on any atom is -0.337 e. The highest BCUT2D eigenvalue weighted by atomic mass is 79.9. The van der Waals surface area contributed by atoms with Crippen molar-refractivity contribution in [2.75, 3.05) is 10.7 Å². The van der Waals surface area contributed by atoms with Gasteiger partial charge in [-0.05, 0) is 34.1 Å². The van der Waals surface area contributed by atoms with Gasteiger partial charge in [0.2, 0.25) is 5.95 Å².